The van der Waals surface area contributed by atoms with E-state index in [1.807, 2.05) is 64.1 Å². The number of nitrogens with zero attached hydrogens (tertiary/aromatic N) is 1. The maximum Gasteiger partial charge on any atom is 0.264 e. The Hall–Kier alpha value is -3.32. The van der Waals surface area contributed by atoms with Gasteiger partial charge in [-0.25, -0.2) is 8.42 Å². The Bertz CT molecular complexity index is 1190. The van der Waals surface area contributed by atoms with Gasteiger partial charge in [0, 0.05) is 5.69 Å². The molecule has 0 atom stereocenters. The molecule has 0 aromatic heterocycles. The van der Waals surface area contributed by atoms with E-state index in [0.717, 1.165) is 15.4 Å². The summed E-state index contributed by atoms with van der Waals surface area (Å²) >= 11 is 0. The fourth-order valence-corrected chi connectivity index (χ4v) is 4.88. The molecule has 3 rings (SSSR count). The number of rotatable bonds is 9. The predicted octanol–water partition coefficient (Wildman–Crippen LogP) is 5.35. The van der Waals surface area contributed by atoms with E-state index in [0.29, 0.717) is 23.7 Å². The number of aryl methyl sites for hydroxylation is 1. The lowest BCUT2D eigenvalue weighted by Gasteiger charge is -2.25. The Morgan fingerprint density at radius 1 is 0.970 bits per heavy atom. The van der Waals surface area contributed by atoms with Gasteiger partial charge in [-0.2, -0.15) is 0 Å². The normalized spacial score (nSPS) is 11.3. The monoisotopic (exact) mass is 466 g/mol. The number of carbonyl (C=O) groups is 1. The minimum Gasteiger partial charge on any atom is -0.494 e. The molecule has 0 unspecified atom stereocenters. The van der Waals surface area contributed by atoms with Crippen molar-refractivity contribution in [2.75, 3.05) is 22.8 Å². The lowest BCUT2D eigenvalue weighted by atomic mass is 10.0. The van der Waals surface area contributed by atoms with Crippen LogP contribution >= 0.6 is 0 Å². The first-order valence-corrected chi connectivity index (χ1v) is 12.4. The van der Waals surface area contributed by atoms with Crippen LogP contribution in [-0.2, 0) is 14.8 Å². The van der Waals surface area contributed by atoms with Crippen molar-refractivity contribution < 1.29 is 17.9 Å². The van der Waals surface area contributed by atoms with E-state index >= 15 is 0 Å². The Morgan fingerprint density at radius 3 is 2.21 bits per heavy atom. The molecule has 0 bridgehead atoms. The number of anilines is 2. The summed E-state index contributed by atoms with van der Waals surface area (Å²) in [5.74, 6) is 0.377. The van der Waals surface area contributed by atoms with Crippen molar-refractivity contribution in [3.8, 4) is 5.75 Å². The van der Waals surface area contributed by atoms with Gasteiger partial charge < -0.3 is 10.1 Å². The van der Waals surface area contributed by atoms with Gasteiger partial charge in [0.1, 0.15) is 12.3 Å². The average Bonchev–Trinajstić information content (AvgIpc) is 2.79. The molecule has 1 amide bonds. The minimum atomic E-state index is -4.00. The molecule has 0 fully saturated rings. The first kappa shape index (κ1) is 24.3. The summed E-state index contributed by atoms with van der Waals surface area (Å²) in [5.41, 5.74) is 3.08. The standard InChI is InChI=1S/C26H30N2O4S/c1-5-32-22-14-16-23(17-15-22)33(30,31)28(21-12-10-20(4)11-13-21)18-26(29)27-25-9-7-6-8-24(25)19(2)3/h6-17,19H,5,18H2,1-4H3,(H,27,29). The van der Waals surface area contributed by atoms with Gasteiger partial charge in [-0.3, -0.25) is 9.10 Å². The van der Waals surface area contributed by atoms with Crippen LogP contribution in [0.15, 0.2) is 77.7 Å². The third kappa shape index (κ3) is 5.93. The molecule has 0 aliphatic heterocycles. The van der Waals surface area contributed by atoms with Crippen LogP contribution in [0.25, 0.3) is 0 Å². The second kappa shape index (κ2) is 10.5. The number of sulfonamides is 1. The molecule has 0 heterocycles. The number of carbonyl (C=O) groups excluding carboxylic acids is 1. The highest BCUT2D eigenvalue weighted by Gasteiger charge is 2.27. The number of hydrogen-bond acceptors (Lipinski definition) is 4. The van der Waals surface area contributed by atoms with E-state index in [4.69, 9.17) is 4.74 Å². The lowest BCUT2D eigenvalue weighted by Crippen LogP contribution is -2.38. The summed E-state index contributed by atoms with van der Waals surface area (Å²) in [6.07, 6.45) is 0. The maximum absolute atomic E-state index is 13.6. The molecule has 174 valence electrons. The zero-order valence-corrected chi connectivity index (χ0v) is 20.2. The van der Waals surface area contributed by atoms with E-state index in [-0.39, 0.29) is 17.4 Å². The van der Waals surface area contributed by atoms with E-state index in [9.17, 15) is 13.2 Å². The Kier molecular flexibility index (Phi) is 7.76. The summed E-state index contributed by atoms with van der Waals surface area (Å²) in [5, 5.41) is 2.89. The maximum atomic E-state index is 13.6. The van der Waals surface area contributed by atoms with E-state index < -0.39 is 15.9 Å². The first-order chi connectivity index (χ1) is 15.7. The number of benzene rings is 3. The highest BCUT2D eigenvalue weighted by molar-refractivity contribution is 7.92. The molecule has 1 N–H and O–H groups in total. The van der Waals surface area contributed by atoms with Crippen LogP contribution in [0.4, 0.5) is 11.4 Å². The molecular formula is C26H30N2O4S. The minimum absolute atomic E-state index is 0.0851. The van der Waals surface area contributed by atoms with Crippen molar-refractivity contribution in [3.63, 3.8) is 0 Å². The summed E-state index contributed by atoms with van der Waals surface area (Å²) < 4.78 is 33.7. The summed E-state index contributed by atoms with van der Waals surface area (Å²) in [7, 11) is -4.00. The van der Waals surface area contributed by atoms with Crippen LogP contribution in [0.5, 0.6) is 5.75 Å². The Labute approximate surface area is 196 Å². The molecule has 3 aromatic rings. The number of hydrogen-bond donors (Lipinski definition) is 1. The molecule has 3 aromatic carbocycles. The van der Waals surface area contributed by atoms with Crippen molar-refractivity contribution in [1.29, 1.82) is 0 Å². The van der Waals surface area contributed by atoms with Crippen LogP contribution < -0.4 is 14.4 Å². The van der Waals surface area contributed by atoms with Gasteiger partial charge in [0.05, 0.1) is 17.2 Å². The summed E-state index contributed by atoms with van der Waals surface area (Å²) in [6.45, 7) is 8.00. The third-order valence-electron chi connectivity index (χ3n) is 5.19. The number of ether oxygens (including phenoxy) is 1. The first-order valence-electron chi connectivity index (χ1n) is 10.9. The molecule has 0 spiro atoms. The van der Waals surface area contributed by atoms with Gasteiger partial charge in [-0.1, -0.05) is 49.7 Å². The van der Waals surface area contributed by atoms with Crippen molar-refractivity contribution in [1.82, 2.24) is 0 Å². The third-order valence-corrected chi connectivity index (χ3v) is 6.98. The highest BCUT2D eigenvalue weighted by atomic mass is 32.2. The SMILES string of the molecule is CCOc1ccc(S(=O)(=O)N(CC(=O)Nc2ccccc2C(C)C)c2ccc(C)cc2)cc1. The molecule has 7 heteroatoms. The predicted molar refractivity (Wildman–Crippen MR) is 132 cm³/mol. The van der Waals surface area contributed by atoms with Crippen LogP contribution in [0.2, 0.25) is 0 Å². The Morgan fingerprint density at radius 2 is 1.61 bits per heavy atom. The van der Waals surface area contributed by atoms with Gasteiger partial charge in [0.2, 0.25) is 5.91 Å². The average molecular weight is 467 g/mol. The second-order valence-electron chi connectivity index (χ2n) is 8.04. The van der Waals surface area contributed by atoms with Gasteiger partial charge in [0.15, 0.2) is 0 Å². The summed E-state index contributed by atoms with van der Waals surface area (Å²) in [4.78, 5) is 13.1. The number of amides is 1. The molecule has 0 aliphatic carbocycles. The van der Waals surface area contributed by atoms with Gasteiger partial charge in [-0.15, -0.1) is 0 Å². The van der Waals surface area contributed by atoms with E-state index in [1.165, 1.54) is 12.1 Å². The largest absolute Gasteiger partial charge is 0.494 e. The van der Waals surface area contributed by atoms with Crippen molar-refractivity contribution in [3.05, 3.63) is 83.9 Å². The second-order valence-corrected chi connectivity index (χ2v) is 9.90. The quantitative estimate of drug-likeness (QED) is 0.461. The topological polar surface area (TPSA) is 75.7 Å². The van der Waals surface area contributed by atoms with Crippen LogP contribution in [0, 0.1) is 6.92 Å². The van der Waals surface area contributed by atoms with E-state index in [2.05, 4.69) is 5.32 Å². The van der Waals surface area contributed by atoms with E-state index in [1.54, 1.807) is 24.3 Å². The Balaban J connectivity index is 1.93. The fourth-order valence-electron chi connectivity index (χ4n) is 3.46. The number of nitrogens with one attached hydrogen (secondary N) is 1. The van der Waals surface area contributed by atoms with Crippen LogP contribution in [0.1, 0.15) is 37.8 Å². The molecule has 6 nitrogen and oxygen atoms in total. The van der Waals surface area contributed by atoms with Crippen molar-refractivity contribution in [2.24, 2.45) is 0 Å². The number of para-hydroxylation sites is 1. The van der Waals surface area contributed by atoms with Crippen molar-refractivity contribution >= 4 is 27.3 Å². The smallest absolute Gasteiger partial charge is 0.264 e. The fraction of sp³-hybridized carbons (Fsp3) is 0.269. The zero-order chi connectivity index (χ0) is 24.0. The van der Waals surface area contributed by atoms with Gasteiger partial charge >= 0.3 is 0 Å². The van der Waals surface area contributed by atoms with Gasteiger partial charge in [-0.05, 0) is 67.8 Å². The van der Waals surface area contributed by atoms with Gasteiger partial charge in [0.25, 0.3) is 10.0 Å². The van der Waals surface area contributed by atoms with Crippen molar-refractivity contribution in [2.45, 2.75) is 38.5 Å². The highest BCUT2D eigenvalue weighted by Crippen LogP contribution is 2.27. The molecule has 0 saturated carbocycles. The van der Waals surface area contributed by atoms with Crippen LogP contribution in [-0.4, -0.2) is 27.5 Å². The summed E-state index contributed by atoms with van der Waals surface area (Å²) in [6, 6.07) is 20.8. The molecule has 0 saturated heterocycles. The lowest BCUT2D eigenvalue weighted by molar-refractivity contribution is -0.114. The molecule has 0 radical (unpaired) electrons. The molecular weight excluding hydrogens is 436 g/mol. The molecule has 33 heavy (non-hydrogen) atoms. The zero-order valence-electron chi connectivity index (χ0n) is 19.4. The molecule has 0 aliphatic rings. The van der Waals surface area contributed by atoms with Crippen LogP contribution in [0.3, 0.4) is 0 Å².